The number of hydrogen-bond acceptors (Lipinski definition) is 6. The van der Waals surface area contributed by atoms with Crippen LogP contribution in [-0.4, -0.2) is 52.7 Å². The lowest BCUT2D eigenvalue weighted by Crippen LogP contribution is -2.57. The standard InChI is InChI=1S/C26H26Cl2F2N5O2P/c1-14(21-16(27)9-31-10-17(21)28)37-20-6-5-19-22(23(20)30)24(34-33-19)15-7-18(29)25(32-8-15)35-11-26(2,12-35)13-38(3,4)36/h5-10,14H,11-13H2,1-4H3,(H,33,34)/t14-/m1/s1. The van der Waals surface area contributed by atoms with E-state index >= 15 is 8.78 Å². The molecule has 7 nitrogen and oxygen atoms in total. The third-order valence-corrected chi connectivity index (χ3v) is 8.66. The number of H-pyrrole nitrogens is 1. The first kappa shape index (κ1) is 26.9. The van der Waals surface area contributed by atoms with E-state index in [4.69, 9.17) is 27.9 Å². The molecule has 4 heterocycles. The molecule has 200 valence electrons. The molecule has 4 aromatic rings. The molecule has 0 radical (unpaired) electrons. The van der Waals surface area contributed by atoms with Crippen molar-refractivity contribution in [3.8, 4) is 17.0 Å². The molecule has 0 saturated carbocycles. The quantitative estimate of drug-likeness (QED) is 0.233. The molecule has 0 unspecified atom stereocenters. The third-order valence-electron chi connectivity index (χ3n) is 6.53. The molecule has 3 aromatic heterocycles. The summed E-state index contributed by atoms with van der Waals surface area (Å²) in [5, 5.41) is 7.76. The summed E-state index contributed by atoms with van der Waals surface area (Å²) in [6.45, 7) is 8.40. The zero-order valence-electron chi connectivity index (χ0n) is 21.2. The Hall–Kier alpha value is -2.74. The van der Waals surface area contributed by atoms with Gasteiger partial charge in [0.2, 0.25) is 0 Å². The second kappa shape index (κ2) is 9.78. The maximum Gasteiger partial charge on any atom is 0.176 e. The maximum atomic E-state index is 15.7. The fraction of sp³-hybridized carbons (Fsp3) is 0.346. The summed E-state index contributed by atoms with van der Waals surface area (Å²) in [4.78, 5) is 10.1. The van der Waals surface area contributed by atoms with Gasteiger partial charge in [-0.15, -0.1) is 0 Å². The Morgan fingerprint density at radius 2 is 1.87 bits per heavy atom. The van der Waals surface area contributed by atoms with Gasteiger partial charge >= 0.3 is 0 Å². The van der Waals surface area contributed by atoms with Crippen molar-refractivity contribution in [3.05, 3.63) is 64.0 Å². The first-order valence-corrected chi connectivity index (χ1v) is 15.5. The summed E-state index contributed by atoms with van der Waals surface area (Å²) in [5.74, 6) is -1.03. The maximum absolute atomic E-state index is 15.7. The number of pyridine rings is 2. The Labute approximate surface area is 228 Å². The second-order valence-corrected chi connectivity index (χ2v) is 14.9. The van der Waals surface area contributed by atoms with Crippen LogP contribution in [0.1, 0.15) is 25.5 Å². The van der Waals surface area contributed by atoms with Crippen molar-refractivity contribution >= 4 is 47.1 Å². The van der Waals surface area contributed by atoms with Crippen LogP contribution in [-0.2, 0) is 4.57 Å². The van der Waals surface area contributed by atoms with Crippen molar-refractivity contribution in [3.63, 3.8) is 0 Å². The van der Waals surface area contributed by atoms with E-state index in [0.717, 1.165) is 0 Å². The van der Waals surface area contributed by atoms with Crippen molar-refractivity contribution in [2.45, 2.75) is 20.0 Å². The van der Waals surface area contributed by atoms with Gasteiger partial charge in [-0.3, -0.25) is 10.1 Å². The van der Waals surface area contributed by atoms with E-state index in [1.807, 2.05) is 11.8 Å². The second-order valence-electron chi connectivity index (χ2n) is 10.6. The first-order valence-electron chi connectivity index (χ1n) is 11.9. The highest BCUT2D eigenvalue weighted by atomic mass is 35.5. The predicted octanol–water partition coefficient (Wildman–Crippen LogP) is 7.19. The van der Waals surface area contributed by atoms with E-state index in [2.05, 4.69) is 20.2 Å². The smallest absolute Gasteiger partial charge is 0.176 e. The molecule has 1 aliphatic rings. The Morgan fingerprint density at radius 3 is 2.50 bits per heavy atom. The zero-order valence-corrected chi connectivity index (χ0v) is 23.6. The molecule has 1 fully saturated rings. The van der Waals surface area contributed by atoms with E-state index < -0.39 is 24.9 Å². The predicted molar refractivity (Wildman–Crippen MR) is 147 cm³/mol. The largest absolute Gasteiger partial charge is 0.483 e. The molecule has 1 aliphatic heterocycles. The molecule has 0 amide bonds. The normalized spacial score (nSPS) is 15.9. The van der Waals surface area contributed by atoms with Crippen LogP contribution < -0.4 is 9.64 Å². The van der Waals surface area contributed by atoms with Crippen LogP contribution in [0.5, 0.6) is 5.75 Å². The lowest BCUT2D eigenvalue weighted by molar-refractivity contribution is 0.217. The number of anilines is 1. The Bertz CT molecular complexity index is 1570. The third kappa shape index (κ3) is 5.12. The number of rotatable bonds is 7. The Kier molecular flexibility index (Phi) is 6.91. The van der Waals surface area contributed by atoms with Gasteiger partial charge in [0, 0.05) is 54.4 Å². The fourth-order valence-corrected chi connectivity index (χ4v) is 7.96. The van der Waals surface area contributed by atoms with E-state index in [-0.39, 0.29) is 28.1 Å². The van der Waals surface area contributed by atoms with Gasteiger partial charge in [-0.1, -0.05) is 30.1 Å². The molecule has 1 aromatic carbocycles. The summed E-state index contributed by atoms with van der Waals surface area (Å²) in [5.41, 5.74) is 1.28. The van der Waals surface area contributed by atoms with Crippen molar-refractivity contribution < 1.29 is 18.1 Å². The van der Waals surface area contributed by atoms with Crippen LogP contribution in [0.15, 0.2) is 36.8 Å². The first-order chi connectivity index (χ1) is 17.8. The summed E-state index contributed by atoms with van der Waals surface area (Å²) in [6.07, 6.45) is 4.27. The Balaban J connectivity index is 1.42. The van der Waals surface area contributed by atoms with Gasteiger partial charge in [0.1, 0.15) is 11.8 Å². The van der Waals surface area contributed by atoms with Gasteiger partial charge in [0.05, 0.1) is 28.1 Å². The number of ether oxygens (including phenoxy) is 1. The lowest BCUT2D eigenvalue weighted by Gasteiger charge is -2.49. The molecular weight excluding hydrogens is 554 g/mol. The number of aromatic nitrogens is 4. The average molecular weight is 580 g/mol. The van der Waals surface area contributed by atoms with E-state index in [1.54, 1.807) is 26.3 Å². The highest BCUT2D eigenvalue weighted by Gasteiger charge is 2.42. The minimum atomic E-state index is -2.20. The molecular formula is C26H26Cl2F2N5O2P. The van der Waals surface area contributed by atoms with Crippen molar-refractivity contribution in [2.75, 3.05) is 37.5 Å². The fourth-order valence-electron chi connectivity index (χ4n) is 5.25. The molecule has 1 N–H and O–H groups in total. The van der Waals surface area contributed by atoms with Crippen LogP contribution >= 0.6 is 30.3 Å². The average Bonchev–Trinajstić information content (AvgIpc) is 3.23. The van der Waals surface area contributed by atoms with Crippen LogP contribution in [0.2, 0.25) is 10.0 Å². The van der Waals surface area contributed by atoms with Crippen molar-refractivity contribution in [1.29, 1.82) is 0 Å². The number of halogens is 4. The SMILES string of the molecule is C[C@@H](Oc1ccc2[nH]nc(-c3cnc(N4CC(C)(CP(C)(C)=O)C4)c(F)c3)c2c1F)c1c(Cl)cncc1Cl. The topological polar surface area (TPSA) is 84.0 Å². The van der Waals surface area contributed by atoms with Crippen LogP contribution in [0.3, 0.4) is 0 Å². The van der Waals surface area contributed by atoms with Gasteiger partial charge in [0.15, 0.2) is 23.2 Å². The summed E-state index contributed by atoms with van der Waals surface area (Å²) in [7, 11) is -2.20. The van der Waals surface area contributed by atoms with E-state index in [1.165, 1.54) is 30.7 Å². The van der Waals surface area contributed by atoms with Gasteiger partial charge in [-0.2, -0.15) is 5.10 Å². The van der Waals surface area contributed by atoms with E-state index in [9.17, 15) is 4.57 Å². The molecule has 0 aliphatic carbocycles. The minimum absolute atomic E-state index is 0.0364. The van der Waals surface area contributed by atoms with Crippen LogP contribution in [0, 0.1) is 17.0 Å². The molecule has 0 spiro atoms. The van der Waals surface area contributed by atoms with Gasteiger partial charge in [-0.05, 0) is 38.5 Å². The minimum Gasteiger partial charge on any atom is -0.483 e. The van der Waals surface area contributed by atoms with Gasteiger partial charge < -0.3 is 14.2 Å². The van der Waals surface area contributed by atoms with Crippen molar-refractivity contribution in [2.24, 2.45) is 5.41 Å². The monoisotopic (exact) mass is 579 g/mol. The number of nitrogens with one attached hydrogen (secondary N) is 1. The lowest BCUT2D eigenvalue weighted by atomic mass is 9.84. The molecule has 12 heteroatoms. The summed E-state index contributed by atoms with van der Waals surface area (Å²) in [6, 6.07) is 4.41. The Morgan fingerprint density at radius 1 is 1.18 bits per heavy atom. The van der Waals surface area contributed by atoms with Crippen LogP contribution in [0.4, 0.5) is 14.6 Å². The summed E-state index contributed by atoms with van der Waals surface area (Å²) >= 11 is 12.5. The van der Waals surface area contributed by atoms with Crippen molar-refractivity contribution in [1.82, 2.24) is 20.2 Å². The zero-order chi connectivity index (χ0) is 27.4. The summed E-state index contributed by atoms with van der Waals surface area (Å²) < 4.78 is 49.0. The number of hydrogen-bond donors (Lipinski definition) is 1. The van der Waals surface area contributed by atoms with E-state index in [0.29, 0.717) is 45.9 Å². The van der Waals surface area contributed by atoms with Gasteiger partial charge in [0.25, 0.3) is 0 Å². The highest BCUT2D eigenvalue weighted by molar-refractivity contribution is 7.62. The molecule has 5 rings (SSSR count). The molecule has 1 atom stereocenters. The molecule has 38 heavy (non-hydrogen) atoms. The molecule has 0 bridgehead atoms. The highest BCUT2D eigenvalue weighted by Crippen LogP contribution is 2.48. The van der Waals surface area contributed by atoms with Crippen LogP contribution in [0.25, 0.3) is 22.2 Å². The molecule has 1 saturated heterocycles. The number of nitrogens with zero attached hydrogens (tertiary/aromatic N) is 4. The van der Waals surface area contributed by atoms with Gasteiger partial charge in [-0.25, -0.2) is 13.8 Å². The number of aromatic amines is 1. The number of fused-ring (bicyclic) bond motifs is 1. The number of benzene rings is 1.